The Morgan fingerprint density at radius 2 is 2.21 bits per heavy atom. The summed E-state index contributed by atoms with van der Waals surface area (Å²) in [5.74, 6) is 1.10. The topological polar surface area (TPSA) is 62.3 Å². The molecule has 0 amide bonds. The second-order valence-corrected chi connectivity index (χ2v) is 4.50. The standard InChI is InChI=1S/C13H16ClN3O2/c1-17-8-16-6-10(17)7-19-13-11(14)3-9(5-15)4-12(13)18-2/h3-4,6,8H,5,7,15H2,1-2H3. The molecule has 0 atom stereocenters. The maximum Gasteiger partial charge on any atom is 0.180 e. The molecule has 0 aliphatic carbocycles. The van der Waals surface area contributed by atoms with Crippen LogP contribution < -0.4 is 15.2 Å². The Labute approximate surface area is 116 Å². The maximum atomic E-state index is 6.19. The second kappa shape index (κ2) is 5.95. The number of methoxy groups -OCH3 is 1. The summed E-state index contributed by atoms with van der Waals surface area (Å²) in [6.07, 6.45) is 3.46. The normalized spacial score (nSPS) is 10.5. The Morgan fingerprint density at radius 3 is 2.79 bits per heavy atom. The molecule has 5 nitrogen and oxygen atoms in total. The summed E-state index contributed by atoms with van der Waals surface area (Å²) in [5.41, 5.74) is 7.44. The van der Waals surface area contributed by atoms with Crippen LogP contribution in [0.15, 0.2) is 24.7 Å². The summed E-state index contributed by atoms with van der Waals surface area (Å²) < 4.78 is 12.9. The zero-order chi connectivity index (χ0) is 13.8. The first-order valence-corrected chi connectivity index (χ1v) is 6.18. The molecule has 2 aromatic rings. The van der Waals surface area contributed by atoms with Crippen LogP contribution in [-0.4, -0.2) is 16.7 Å². The summed E-state index contributed by atoms with van der Waals surface area (Å²) in [5, 5.41) is 0.488. The van der Waals surface area contributed by atoms with E-state index in [1.165, 1.54) is 0 Å². The highest BCUT2D eigenvalue weighted by molar-refractivity contribution is 6.32. The van der Waals surface area contributed by atoms with E-state index in [-0.39, 0.29) is 0 Å². The van der Waals surface area contributed by atoms with Gasteiger partial charge in [0.1, 0.15) is 6.61 Å². The molecule has 2 N–H and O–H groups in total. The third-order valence-electron chi connectivity index (χ3n) is 2.81. The van der Waals surface area contributed by atoms with Crippen LogP contribution >= 0.6 is 11.6 Å². The first-order chi connectivity index (χ1) is 9.15. The van der Waals surface area contributed by atoms with Gasteiger partial charge in [0.15, 0.2) is 11.5 Å². The molecule has 0 saturated heterocycles. The Balaban J connectivity index is 2.22. The molecule has 102 valence electrons. The van der Waals surface area contributed by atoms with Gasteiger partial charge in [-0.05, 0) is 17.7 Å². The molecule has 0 bridgehead atoms. The van der Waals surface area contributed by atoms with E-state index in [4.69, 9.17) is 26.8 Å². The molecule has 1 aromatic heterocycles. The lowest BCUT2D eigenvalue weighted by atomic mass is 10.2. The number of nitrogens with zero attached hydrogens (tertiary/aromatic N) is 2. The molecular weight excluding hydrogens is 266 g/mol. The van der Waals surface area contributed by atoms with Crippen molar-refractivity contribution in [3.63, 3.8) is 0 Å². The van der Waals surface area contributed by atoms with Crippen LogP contribution in [0.25, 0.3) is 0 Å². The number of halogens is 1. The fourth-order valence-corrected chi connectivity index (χ4v) is 1.99. The maximum absolute atomic E-state index is 6.19. The fraction of sp³-hybridized carbons (Fsp3) is 0.308. The number of nitrogens with two attached hydrogens (primary N) is 1. The van der Waals surface area contributed by atoms with Crippen LogP contribution in [-0.2, 0) is 20.2 Å². The van der Waals surface area contributed by atoms with Crippen molar-refractivity contribution in [2.45, 2.75) is 13.2 Å². The van der Waals surface area contributed by atoms with Crippen molar-refractivity contribution in [1.82, 2.24) is 9.55 Å². The summed E-state index contributed by atoms with van der Waals surface area (Å²) in [6, 6.07) is 3.60. The number of hydrogen-bond donors (Lipinski definition) is 1. The Bertz CT molecular complexity index is 569. The lowest BCUT2D eigenvalue weighted by Gasteiger charge is -2.13. The van der Waals surface area contributed by atoms with Gasteiger partial charge in [-0.15, -0.1) is 0 Å². The van der Waals surface area contributed by atoms with Crippen LogP contribution in [0.2, 0.25) is 5.02 Å². The molecular formula is C13H16ClN3O2. The predicted molar refractivity (Wildman–Crippen MR) is 73.4 cm³/mol. The number of rotatable bonds is 5. The van der Waals surface area contributed by atoms with E-state index >= 15 is 0 Å². The summed E-state index contributed by atoms with van der Waals surface area (Å²) in [6.45, 7) is 0.770. The van der Waals surface area contributed by atoms with Gasteiger partial charge >= 0.3 is 0 Å². The summed E-state index contributed by atoms with van der Waals surface area (Å²) in [7, 11) is 3.48. The van der Waals surface area contributed by atoms with Crippen LogP contribution in [0.1, 0.15) is 11.3 Å². The smallest absolute Gasteiger partial charge is 0.180 e. The van der Waals surface area contributed by atoms with E-state index in [1.807, 2.05) is 17.7 Å². The fourth-order valence-electron chi connectivity index (χ4n) is 1.70. The van der Waals surface area contributed by atoms with Gasteiger partial charge in [-0.25, -0.2) is 4.98 Å². The van der Waals surface area contributed by atoms with Crippen molar-refractivity contribution in [3.05, 3.63) is 40.9 Å². The predicted octanol–water partition coefficient (Wildman–Crippen LogP) is 2.12. The van der Waals surface area contributed by atoms with Gasteiger partial charge in [-0.3, -0.25) is 0 Å². The summed E-state index contributed by atoms with van der Waals surface area (Å²) in [4.78, 5) is 4.03. The molecule has 1 heterocycles. The van der Waals surface area contributed by atoms with Crippen molar-refractivity contribution in [3.8, 4) is 11.5 Å². The van der Waals surface area contributed by atoms with E-state index in [1.54, 1.807) is 25.7 Å². The van der Waals surface area contributed by atoms with Gasteiger partial charge in [-0.2, -0.15) is 0 Å². The first kappa shape index (κ1) is 13.7. The molecule has 0 radical (unpaired) electrons. The first-order valence-electron chi connectivity index (χ1n) is 5.80. The van der Waals surface area contributed by atoms with Crippen LogP contribution in [0, 0.1) is 0 Å². The van der Waals surface area contributed by atoms with Crippen molar-refractivity contribution < 1.29 is 9.47 Å². The average Bonchev–Trinajstić information content (AvgIpc) is 2.82. The summed E-state index contributed by atoms with van der Waals surface area (Å²) >= 11 is 6.19. The average molecular weight is 282 g/mol. The monoisotopic (exact) mass is 281 g/mol. The van der Waals surface area contributed by atoms with E-state index in [9.17, 15) is 0 Å². The van der Waals surface area contributed by atoms with E-state index in [0.717, 1.165) is 11.3 Å². The largest absolute Gasteiger partial charge is 0.493 e. The Morgan fingerprint density at radius 1 is 1.42 bits per heavy atom. The number of benzene rings is 1. The molecule has 0 aliphatic heterocycles. The number of ether oxygens (including phenoxy) is 2. The lowest BCUT2D eigenvalue weighted by Crippen LogP contribution is -2.04. The molecule has 6 heteroatoms. The zero-order valence-corrected chi connectivity index (χ0v) is 11.6. The van der Waals surface area contributed by atoms with Crippen LogP contribution in [0.5, 0.6) is 11.5 Å². The number of imidazole rings is 1. The quantitative estimate of drug-likeness (QED) is 0.912. The van der Waals surface area contributed by atoms with Gasteiger partial charge in [0.25, 0.3) is 0 Å². The number of aryl methyl sites for hydroxylation is 1. The third-order valence-corrected chi connectivity index (χ3v) is 3.09. The van der Waals surface area contributed by atoms with Gasteiger partial charge in [0.2, 0.25) is 0 Å². The highest BCUT2D eigenvalue weighted by atomic mass is 35.5. The molecule has 0 spiro atoms. The third kappa shape index (κ3) is 3.00. The molecule has 1 aromatic carbocycles. The SMILES string of the molecule is COc1cc(CN)cc(Cl)c1OCc1cncn1C. The molecule has 0 fully saturated rings. The molecule has 0 unspecified atom stereocenters. The van der Waals surface area contributed by atoms with E-state index in [2.05, 4.69) is 4.98 Å². The van der Waals surface area contributed by atoms with Gasteiger partial charge in [-0.1, -0.05) is 11.6 Å². The highest BCUT2D eigenvalue weighted by Crippen LogP contribution is 2.36. The van der Waals surface area contributed by atoms with Crippen molar-refractivity contribution in [2.24, 2.45) is 12.8 Å². The van der Waals surface area contributed by atoms with Gasteiger partial charge in [0.05, 0.1) is 30.4 Å². The minimum absolute atomic E-state index is 0.370. The van der Waals surface area contributed by atoms with Crippen molar-refractivity contribution in [1.29, 1.82) is 0 Å². The number of aromatic nitrogens is 2. The van der Waals surface area contributed by atoms with E-state index in [0.29, 0.717) is 29.7 Å². The molecule has 19 heavy (non-hydrogen) atoms. The Hall–Kier alpha value is -1.72. The lowest BCUT2D eigenvalue weighted by molar-refractivity contribution is 0.277. The molecule has 2 rings (SSSR count). The minimum Gasteiger partial charge on any atom is -0.493 e. The van der Waals surface area contributed by atoms with Crippen molar-refractivity contribution in [2.75, 3.05) is 7.11 Å². The second-order valence-electron chi connectivity index (χ2n) is 4.10. The molecule has 0 saturated carbocycles. The van der Waals surface area contributed by atoms with Crippen LogP contribution in [0.4, 0.5) is 0 Å². The number of hydrogen-bond acceptors (Lipinski definition) is 4. The zero-order valence-electron chi connectivity index (χ0n) is 10.9. The Kier molecular flexibility index (Phi) is 4.29. The van der Waals surface area contributed by atoms with Crippen LogP contribution in [0.3, 0.4) is 0 Å². The van der Waals surface area contributed by atoms with Crippen molar-refractivity contribution >= 4 is 11.6 Å². The highest BCUT2D eigenvalue weighted by Gasteiger charge is 2.12. The molecule has 0 aliphatic rings. The van der Waals surface area contributed by atoms with Gasteiger partial charge < -0.3 is 19.8 Å². The minimum atomic E-state index is 0.370. The van der Waals surface area contributed by atoms with E-state index < -0.39 is 0 Å². The van der Waals surface area contributed by atoms with Gasteiger partial charge in [0, 0.05) is 13.6 Å².